The fraction of sp³-hybridized carbons (Fsp3) is 1.00. The molecule has 1 aliphatic carbocycles. The normalized spacial score (nSPS) is 20.5. The van der Waals surface area contributed by atoms with Crippen LogP contribution in [-0.4, -0.2) is 24.1 Å². The molecule has 0 spiro atoms. The SMILES string of the molecule is CCSCCNC(C)C1CCC1. The lowest BCUT2D eigenvalue weighted by atomic mass is 9.80. The average molecular weight is 187 g/mol. The first kappa shape index (κ1) is 10.4. The maximum atomic E-state index is 3.60. The van der Waals surface area contributed by atoms with Crippen molar-refractivity contribution in [3.8, 4) is 0 Å². The van der Waals surface area contributed by atoms with Crippen LogP contribution in [0.1, 0.15) is 33.1 Å². The van der Waals surface area contributed by atoms with E-state index < -0.39 is 0 Å². The van der Waals surface area contributed by atoms with Crippen molar-refractivity contribution in [1.82, 2.24) is 5.32 Å². The van der Waals surface area contributed by atoms with E-state index in [1.807, 2.05) is 11.8 Å². The lowest BCUT2D eigenvalue weighted by Crippen LogP contribution is -2.38. The minimum Gasteiger partial charge on any atom is -0.313 e. The van der Waals surface area contributed by atoms with E-state index in [1.165, 1.54) is 37.3 Å². The molecule has 1 atom stereocenters. The molecule has 0 saturated heterocycles. The number of hydrogen-bond acceptors (Lipinski definition) is 2. The quantitative estimate of drug-likeness (QED) is 0.641. The first-order valence-electron chi connectivity index (χ1n) is 5.15. The van der Waals surface area contributed by atoms with Gasteiger partial charge in [0.2, 0.25) is 0 Å². The van der Waals surface area contributed by atoms with Crippen molar-refractivity contribution in [3.63, 3.8) is 0 Å². The van der Waals surface area contributed by atoms with Crippen LogP contribution < -0.4 is 5.32 Å². The van der Waals surface area contributed by atoms with Gasteiger partial charge in [-0.05, 0) is 31.4 Å². The minimum atomic E-state index is 0.760. The van der Waals surface area contributed by atoms with E-state index in [-0.39, 0.29) is 0 Å². The van der Waals surface area contributed by atoms with Crippen LogP contribution in [0, 0.1) is 5.92 Å². The Labute approximate surface area is 80.7 Å². The zero-order valence-corrected chi connectivity index (χ0v) is 9.12. The molecule has 1 fully saturated rings. The van der Waals surface area contributed by atoms with E-state index in [9.17, 15) is 0 Å². The Bertz CT molecular complexity index is 112. The Kier molecular flexibility index (Phi) is 5.08. The number of hydrogen-bond donors (Lipinski definition) is 1. The molecule has 0 aromatic rings. The molecule has 1 unspecified atom stereocenters. The van der Waals surface area contributed by atoms with Gasteiger partial charge in [-0.1, -0.05) is 13.3 Å². The van der Waals surface area contributed by atoms with Crippen LogP contribution in [-0.2, 0) is 0 Å². The lowest BCUT2D eigenvalue weighted by Gasteiger charge is -2.32. The fourth-order valence-corrected chi connectivity index (χ4v) is 2.16. The molecular weight excluding hydrogens is 166 g/mol. The van der Waals surface area contributed by atoms with Gasteiger partial charge in [0.05, 0.1) is 0 Å². The maximum absolute atomic E-state index is 3.60. The predicted octanol–water partition coefficient (Wildman–Crippen LogP) is 2.52. The molecule has 72 valence electrons. The van der Waals surface area contributed by atoms with Crippen LogP contribution in [0.2, 0.25) is 0 Å². The highest BCUT2D eigenvalue weighted by atomic mass is 32.2. The van der Waals surface area contributed by atoms with Gasteiger partial charge in [0.1, 0.15) is 0 Å². The molecule has 1 nitrogen and oxygen atoms in total. The van der Waals surface area contributed by atoms with Gasteiger partial charge in [0.25, 0.3) is 0 Å². The number of thioether (sulfide) groups is 1. The molecule has 0 heterocycles. The smallest absolute Gasteiger partial charge is 0.00673 e. The summed E-state index contributed by atoms with van der Waals surface area (Å²) in [6, 6.07) is 0.760. The lowest BCUT2D eigenvalue weighted by molar-refractivity contribution is 0.244. The van der Waals surface area contributed by atoms with Crippen molar-refractivity contribution < 1.29 is 0 Å². The Morgan fingerprint density at radius 2 is 2.25 bits per heavy atom. The standard InChI is InChI=1S/C10H21NS/c1-3-12-8-7-11-9(2)10-5-4-6-10/h9-11H,3-8H2,1-2H3. The van der Waals surface area contributed by atoms with Crippen LogP contribution in [0.4, 0.5) is 0 Å². The molecular formula is C10H21NS. The molecule has 0 bridgehead atoms. The van der Waals surface area contributed by atoms with Crippen LogP contribution in [0.15, 0.2) is 0 Å². The summed E-state index contributed by atoms with van der Waals surface area (Å²) in [5.74, 6) is 3.50. The largest absolute Gasteiger partial charge is 0.313 e. The summed E-state index contributed by atoms with van der Waals surface area (Å²) < 4.78 is 0. The topological polar surface area (TPSA) is 12.0 Å². The Morgan fingerprint density at radius 3 is 2.75 bits per heavy atom. The summed E-state index contributed by atoms with van der Waals surface area (Å²) in [6.07, 6.45) is 4.37. The third-order valence-electron chi connectivity index (χ3n) is 2.77. The molecule has 12 heavy (non-hydrogen) atoms. The van der Waals surface area contributed by atoms with Crippen LogP contribution in [0.5, 0.6) is 0 Å². The first-order valence-corrected chi connectivity index (χ1v) is 6.31. The zero-order valence-electron chi connectivity index (χ0n) is 8.31. The van der Waals surface area contributed by atoms with E-state index in [4.69, 9.17) is 0 Å². The predicted molar refractivity (Wildman–Crippen MR) is 57.8 cm³/mol. The molecule has 0 aromatic heterocycles. The van der Waals surface area contributed by atoms with Gasteiger partial charge in [-0.3, -0.25) is 0 Å². The van der Waals surface area contributed by atoms with Crippen molar-refractivity contribution >= 4 is 11.8 Å². The summed E-state index contributed by atoms with van der Waals surface area (Å²) in [5.41, 5.74) is 0. The third kappa shape index (κ3) is 3.36. The van der Waals surface area contributed by atoms with Gasteiger partial charge in [-0.2, -0.15) is 11.8 Å². The molecule has 1 aliphatic rings. The fourth-order valence-electron chi connectivity index (χ4n) is 1.61. The summed E-state index contributed by atoms with van der Waals surface area (Å²) in [7, 11) is 0. The monoisotopic (exact) mass is 187 g/mol. The molecule has 1 rings (SSSR count). The second-order valence-corrected chi connectivity index (χ2v) is 5.02. The van der Waals surface area contributed by atoms with Crippen molar-refractivity contribution in [1.29, 1.82) is 0 Å². The molecule has 1 saturated carbocycles. The van der Waals surface area contributed by atoms with Crippen LogP contribution in [0.25, 0.3) is 0 Å². The third-order valence-corrected chi connectivity index (χ3v) is 3.67. The van der Waals surface area contributed by atoms with Gasteiger partial charge < -0.3 is 5.32 Å². The average Bonchev–Trinajstić information content (AvgIpc) is 1.95. The zero-order chi connectivity index (χ0) is 8.81. The highest BCUT2D eigenvalue weighted by Crippen LogP contribution is 2.29. The Morgan fingerprint density at radius 1 is 1.50 bits per heavy atom. The van der Waals surface area contributed by atoms with Crippen molar-refractivity contribution in [3.05, 3.63) is 0 Å². The van der Waals surface area contributed by atoms with Crippen molar-refractivity contribution in [2.24, 2.45) is 5.92 Å². The van der Waals surface area contributed by atoms with Gasteiger partial charge in [0, 0.05) is 18.3 Å². The van der Waals surface area contributed by atoms with E-state index in [1.54, 1.807) is 0 Å². The van der Waals surface area contributed by atoms with Gasteiger partial charge in [-0.25, -0.2) is 0 Å². The van der Waals surface area contributed by atoms with Crippen molar-refractivity contribution in [2.45, 2.75) is 39.2 Å². The van der Waals surface area contributed by atoms with Crippen LogP contribution >= 0.6 is 11.8 Å². The molecule has 0 amide bonds. The summed E-state index contributed by atoms with van der Waals surface area (Å²) in [4.78, 5) is 0. The maximum Gasteiger partial charge on any atom is 0.00673 e. The van der Waals surface area contributed by atoms with E-state index in [0.29, 0.717) is 0 Å². The minimum absolute atomic E-state index is 0.760. The highest BCUT2D eigenvalue weighted by Gasteiger charge is 2.22. The van der Waals surface area contributed by atoms with Gasteiger partial charge in [0.15, 0.2) is 0 Å². The van der Waals surface area contributed by atoms with Gasteiger partial charge >= 0.3 is 0 Å². The van der Waals surface area contributed by atoms with Crippen molar-refractivity contribution in [2.75, 3.05) is 18.1 Å². The number of nitrogens with one attached hydrogen (secondary N) is 1. The highest BCUT2D eigenvalue weighted by molar-refractivity contribution is 7.99. The van der Waals surface area contributed by atoms with Crippen LogP contribution in [0.3, 0.4) is 0 Å². The first-order chi connectivity index (χ1) is 5.84. The second kappa shape index (κ2) is 5.87. The summed E-state index contributed by atoms with van der Waals surface area (Å²) >= 11 is 2.02. The molecule has 0 aliphatic heterocycles. The molecule has 2 heteroatoms. The van der Waals surface area contributed by atoms with E-state index >= 15 is 0 Å². The Balaban J connectivity index is 1.91. The Hall–Kier alpha value is 0.310. The van der Waals surface area contributed by atoms with E-state index in [0.717, 1.165) is 12.0 Å². The summed E-state index contributed by atoms with van der Waals surface area (Å²) in [6.45, 7) is 5.75. The van der Waals surface area contributed by atoms with E-state index in [2.05, 4.69) is 19.2 Å². The molecule has 1 N–H and O–H groups in total. The molecule has 0 radical (unpaired) electrons. The van der Waals surface area contributed by atoms with Gasteiger partial charge in [-0.15, -0.1) is 0 Å². The summed E-state index contributed by atoms with van der Waals surface area (Å²) in [5, 5.41) is 3.60. The second-order valence-electron chi connectivity index (χ2n) is 3.63. The number of rotatable bonds is 6. The molecule has 0 aromatic carbocycles.